The highest BCUT2D eigenvalue weighted by Crippen LogP contribution is 2.36. The summed E-state index contributed by atoms with van der Waals surface area (Å²) in [6.07, 6.45) is 0. The minimum Gasteiger partial charge on any atom is -0.373 e. The van der Waals surface area contributed by atoms with Gasteiger partial charge in [-0.05, 0) is 52.0 Å². The zero-order valence-electron chi connectivity index (χ0n) is 10.9. The molecular weight excluding hydrogens is 312 g/mol. The molecule has 0 bridgehead atoms. The highest BCUT2D eigenvalue weighted by Gasteiger charge is 2.14. The van der Waals surface area contributed by atoms with E-state index >= 15 is 0 Å². The first kappa shape index (κ1) is 13.6. The van der Waals surface area contributed by atoms with Crippen molar-refractivity contribution in [3.8, 4) is 0 Å². The van der Waals surface area contributed by atoms with Gasteiger partial charge in [0.1, 0.15) is 5.82 Å². The average Bonchev–Trinajstić information content (AvgIpc) is 2.34. The van der Waals surface area contributed by atoms with Crippen LogP contribution in [0.15, 0.2) is 16.6 Å². The van der Waals surface area contributed by atoms with Crippen LogP contribution in [0, 0.1) is 6.92 Å². The SMILES string of the molecule is CNc1nc2c(Br)cc(C)c(Cl)c2cc1C(C)C. The molecule has 0 aliphatic carbocycles. The van der Waals surface area contributed by atoms with Gasteiger partial charge in [-0.25, -0.2) is 4.98 Å². The van der Waals surface area contributed by atoms with Crippen molar-refractivity contribution in [2.24, 2.45) is 0 Å². The van der Waals surface area contributed by atoms with Crippen LogP contribution in [0.2, 0.25) is 5.02 Å². The Labute approximate surface area is 121 Å². The Morgan fingerprint density at radius 2 is 2.00 bits per heavy atom. The van der Waals surface area contributed by atoms with Gasteiger partial charge in [-0.15, -0.1) is 0 Å². The van der Waals surface area contributed by atoms with E-state index in [0.29, 0.717) is 5.92 Å². The third kappa shape index (κ3) is 2.21. The van der Waals surface area contributed by atoms with Gasteiger partial charge in [0.05, 0.1) is 10.5 Å². The first-order chi connectivity index (χ1) is 8.45. The average molecular weight is 328 g/mol. The fourth-order valence-corrected chi connectivity index (χ4v) is 2.90. The molecule has 1 heterocycles. The van der Waals surface area contributed by atoms with Gasteiger partial charge in [0.2, 0.25) is 0 Å². The maximum absolute atomic E-state index is 6.39. The Morgan fingerprint density at radius 1 is 1.33 bits per heavy atom. The van der Waals surface area contributed by atoms with Gasteiger partial charge in [-0.3, -0.25) is 0 Å². The molecule has 0 aliphatic heterocycles. The van der Waals surface area contributed by atoms with E-state index in [-0.39, 0.29) is 0 Å². The molecule has 4 heteroatoms. The Balaban J connectivity index is 2.87. The molecule has 0 atom stereocenters. The lowest BCUT2D eigenvalue weighted by Gasteiger charge is -2.15. The van der Waals surface area contributed by atoms with Gasteiger partial charge in [0.25, 0.3) is 0 Å². The molecule has 2 aromatic rings. The molecule has 18 heavy (non-hydrogen) atoms. The van der Waals surface area contributed by atoms with Crippen molar-refractivity contribution >= 4 is 44.3 Å². The zero-order chi connectivity index (χ0) is 13.4. The normalized spacial score (nSPS) is 11.3. The quantitative estimate of drug-likeness (QED) is 0.827. The second-order valence-corrected chi connectivity index (χ2v) is 5.95. The molecule has 96 valence electrons. The number of anilines is 1. The summed E-state index contributed by atoms with van der Waals surface area (Å²) in [5.41, 5.74) is 3.15. The number of hydrogen-bond donors (Lipinski definition) is 1. The van der Waals surface area contributed by atoms with Gasteiger partial charge >= 0.3 is 0 Å². The highest BCUT2D eigenvalue weighted by atomic mass is 79.9. The van der Waals surface area contributed by atoms with Crippen LogP contribution in [0.25, 0.3) is 10.9 Å². The van der Waals surface area contributed by atoms with Crippen LogP contribution in [0.3, 0.4) is 0 Å². The molecule has 2 rings (SSSR count). The van der Waals surface area contributed by atoms with Crippen LogP contribution < -0.4 is 5.32 Å². The minimum atomic E-state index is 0.403. The number of pyridine rings is 1. The molecule has 0 saturated carbocycles. The Kier molecular flexibility index (Phi) is 3.83. The summed E-state index contributed by atoms with van der Waals surface area (Å²) in [5, 5.41) is 4.94. The largest absolute Gasteiger partial charge is 0.373 e. The fraction of sp³-hybridized carbons (Fsp3) is 0.357. The van der Waals surface area contributed by atoms with Crippen molar-refractivity contribution in [1.29, 1.82) is 0 Å². The zero-order valence-corrected chi connectivity index (χ0v) is 13.3. The molecule has 0 aliphatic rings. The summed E-state index contributed by atoms with van der Waals surface area (Å²) in [6.45, 7) is 6.32. The Morgan fingerprint density at radius 3 is 2.56 bits per heavy atom. The van der Waals surface area contributed by atoms with Gasteiger partial charge in [0.15, 0.2) is 0 Å². The third-order valence-corrected chi connectivity index (χ3v) is 4.17. The van der Waals surface area contributed by atoms with Crippen LogP contribution >= 0.6 is 27.5 Å². The third-order valence-electron chi connectivity index (χ3n) is 3.06. The lowest BCUT2D eigenvalue weighted by atomic mass is 10.0. The van der Waals surface area contributed by atoms with Gasteiger partial charge in [0, 0.05) is 16.9 Å². The van der Waals surface area contributed by atoms with E-state index in [9.17, 15) is 0 Å². The van der Waals surface area contributed by atoms with E-state index in [1.54, 1.807) is 0 Å². The molecule has 2 nitrogen and oxygen atoms in total. The van der Waals surface area contributed by atoms with E-state index < -0.39 is 0 Å². The molecule has 1 N–H and O–H groups in total. The number of nitrogens with zero attached hydrogens (tertiary/aromatic N) is 1. The molecule has 0 spiro atoms. The molecule has 0 unspecified atom stereocenters. The first-order valence-electron chi connectivity index (χ1n) is 5.92. The summed E-state index contributed by atoms with van der Waals surface area (Å²) in [7, 11) is 1.89. The Bertz CT molecular complexity index is 609. The maximum Gasteiger partial charge on any atom is 0.129 e. The predicted octanol–water partition coefficient (Wildman–Crippen LogP) is 5.12. The number of aryl methyl sites for hydroxylation is 1. The first-order valence-corrected chi connectivity index (χ1v) is 7.09. The second-order valence-electron chi connectivity index (χ2n) is 4.72. The standard InChI is InChI=1S/C14H16BrClN2/c1-7(2)9-6-10-12(16)8(3)5-11(15)13(10)18-14(9)17-4/h5-7H,1-4H3,(H,17,18). The predicted molar refractivity (Wildman–Crippen MR) is 82.8 cm³/mol. The van der Waals surface area contributed by atoms with E-state index in [1.807, 2.05) is 20.0 Å². The number of aromatic nitrogens is 1. The number of rotatable bonds is 2. The van der Waals surface area contributed by atoms with Crippen LogP contribution in [-0.4, -0.2) is 12.0 Å². The number of fused-ring (bicyclic) bond motifs is 1. The van der Waals surface area contributed by atoms with Crippen molar-refractivity contribution in [2.75, 3.05) is 12.4 Å². The number of nitrogens with one attached hydrogen (secondary N) is 1. The lowest BCUT2D eigenvalue weighted by molar-refractivity contribution is 0.864. The van der Waals surface area contributed by atoms with Crippen molar-refractivity contribution < 1.29 is 0 Å². The number of hydrogen-bond acceptors (Lipinski definition) is 2. The summed E-state index contributed by atoms with van der Waals surface area (Å²) in [4.78, 5) is 4.67. The van der Waals surface area contributed by atoms with Gasteiger partial charge in [-0.1, -0.05) is 25.4 Å². The van der Waals surface area contributed by atoms with Crippen molar-refractivity contribution in [3.05, 3.63) is 32.8 Å². The smallest absolute Gasteiger partial charge is 0.129 e. The fourth-order valence-electron chi connectivity index (χ4n) is 2.05. The van der Waals surface area contributed by atoms with E-state index in [0.717, 1.165) is 31.8 Å². The topological polar surface area (TPSA) is 24.9 Å². The maximum atomic E-state index is 6.39. The monoisotopic (exact) mass is 326 g/mol. The molecule has 0 amide bonds. The van der Waals surface area contributed by atoms with E-state index in [4.69, 9.17) is 11.6 Å². The van der Waals surface area contributed by atoms with Crippen LogP contribution in [0.5, 0.6) is 0 Å². The molecule has 0 radical (unpaired) electrons. The van der Waals surface area contributed by atoms with E-state index in [1.165, 1.54) is 5.56 Å². The second kappa shape index (κ2) is 5.06. The summed E-state index contributed by atoms with van der Waals surface area (Å²) in [5.74, 6) is 1.32. The molecule has 1 aromatic carbocycles. The highest BCUT2D eigenvalue weighted by molar-refractivity contribution is 9.10. The number of benzene rings is 1. The van der Waals surface area contributed by atoms with Crippen LogP contribution in [0.1, 0.15) is 30.9 Å². The van der Waals surface area contributed by atoms with Crippen molar-refractivity contribution in [2.45, 2.75) is 26.7 Å². The molecule has 0 fully saturated rings. The van der Waals surface area contributed by atoms with Gasteiger partial charge < -0.3 is 5.32 Å². The number of halogens is 2. The molecule has 1 aromatic heterocycles. The lowest BCUT2D eigenvalue weighted by Crippen LogP contribution is -2.01. The summed E-state index contributed by atoms with van der Waals surface area (Å²) >= 11 is 9.95. The molecule has 0 saturated heterocycles. The van der Waals surface area contributed by atoms with Gasteiger partial charge in [-0.2, -0.15) is 0 Å². The van der Waals surface area contributed by atoms with Crippen molar-refractivity contribution in [3.63, 3.8) is 0 Å². The summed E-state index contributed by atoms with van der Waals surface area (Å²) in [6, 6.07) is 4.14. The molecular formula is C14H16BrClN2. The summed E-state index contributed by atoms with van der Waals surface area (Å²) < 4.78 is 0.978. The van der Waals surface area contributed by atoms with Crippen LogP contribution in [0.4, 0.5) is 5.82 Å². The minimum absolute atomic E-state index is 0.403. The van der Waals surface area contributed by atoms with Crippen molar-refractivity contribution in [1.82, 2.24) is 4.98 Å². The van der Waals surface area contributed by atoms with Crippen LogP contribution in [-0.2, 0) is 0 Å². The Hall–Kier alpha value is -0.800. The van der Waals surface area contributed by atoms with E-state index in [2.05, 4.69) is 46.1 Å².